The average molecular weight is 345 g/mol. The maximum absolute atomic E-state index is 5.43. The first-order valence-corrected chi connectivity index (χ1v) is 9.64. The van der Waals surface area contributed by atoms with Crippen LogP contribution in [0.1, 0.15) is 44.7 Å². The number of benzene rings is 1. The number of methoxy groups -OCH3 is 1. The van der Waals surface area contributed by atoms with Gasteiger partial charge in [0.2, 0.25) is 0 Å². The van der Waals surface area contributed by atoms with E-state index in [4.69, 9.17) is 9.73 Å². The molecule has 5 heteroatoms. The highest BCUT2D eigenvalue weighted by Gasteiger charge is 2.33. The van der Waals surface area contributed by atoms with Gasteiger partial charge in [0, 0.05) is 12.6 Å². The van der Waals surface area contributed by atoms with Crippen LogP contribution in [0.3, 0.4) is 0 Å². The molecule has 0 radical (unpaired) electrons. The molecule has 3 rings (SSSR count). The minimum absolute atomic E-state index is 0.310. The molecule has 2 aliphatic rings. The molecule has 1 aliphatic carbocycles. The molecule has 5 nitrogen and oxygen atoms in total. The van der Waals surface area contributed by atoms with Gasteiger partial charge in [-0.15, -0.1) is 0 Å². The van der Waals surface area contributed by atoms with Crippen molar-refractivity contribution in [1.82, 2.24) is 15.5 Å². The van der Waals surface area contributed by atoms with Crippen molar-refractivity contribution in [2.24, 2.45) is 10.9 Å². The van der Waals surface area contributed by atoms with Crippen LogP contribution in [0.2, 0.25) is 0 Å². The van der Waals surface area contributed by atoms with E-state index >= 15 is 0 Å². The fraction of sp³-hybridized carbons (Fsp3) is 0.650. The topological polar surface area (TPSA) is 48.9 Å². The van der Waals surface area contributed by atoms with Gasteiger partial charge in [0.05, 0.1) is 19.7 Å². The molecule has 0 aromatic heterocycles. The van der Waals surface area contributed by atoms with Gasteiger partial charge in [-0.1, -0.05) is 19.1 Å². The minimum Gasteiger partial charge on any atom is -0.497 e. The Labute approximate surface area is 151 Å². The van der Waals surface area contributed by atoms with Crippen LogP contribution in [0, 0.1) is 5.92 Å². The zero-order valence-electron chi connectivity index (χ0n) is 15.8. The van der Waals surface area contributed by atoms with Crippen LogP contribution in [-0.4, -0.2) is 50.2 Å². The second-order valence-electron chi connectivity index (χ2n) is 7.22. The zero-order valence-corrected chi connectivity index (χ0v) is 15.8. The molecule has 25 heavy (non-hydrogen) atoms. The summed E-state index contributed by atoms with van der Waals surface area (Å²) < 4.78 is 5.43. The maximum Gasteiger partial charge on any atom is 0.191 e. The number of nitrogens with zero attached hydrogens (tertiary/aromatic N) is 2. The smallest absolute Gasteiger partial charge is 0.191 e. The Hall–Kier alpha value is -1.75. The Morgan fingerprint density at radius 3 is 2.76 bits per heavy atom. The number of nitrogens with one attached hydrogen (secondary N) is 2. The van der Waals surface area contributed by atoms with Crippen LogP contribution < -0.4 is 15.4 Å². The monoisotopic (exact) mass is 344 g/mol. The molecule has 2 fully saturated rings. The number of likely N-dealkylation sites (tertiary alicyclic amines) is 1. The standard InChI is InChI=1S/C20H32N4O/c1-4-21-20(23-18-12-15(18)2)22-14-19(24-10-5-6-11-24)16-8-7-9-17(13-16)25-3/h7-9,13,15,18-19H,4-6,10-12,14H2,1-3H3,(H2,21,22,23). The number of aliphatic imine (C=N–C) groups is 1. The van der Waals surface area contributed by atoms with Crippen molar-refractivity contribution in [2.45, 2.75) is 45.2 Å². The van der Waals surface area contributed by atoms with Crippen molar-refractivity contribution < 1.29 is 4.74 Å². The Bertz CT molecular complexity index is 583. The molecule has 1 saturated carbocycles. The molecule has 138 valence electrons. The van der Waals surface area contributed by atoms with Crippen LogP contribution in [-0.2, 0) is 0 Å². The van der Waals surface area contributed by atoms with Crippen LogP contribution in [0.5, 0.6) is 5.75 Å². The molecule has 0 amide bonds. The fourth-order valence-corrected chi connectivity index (χ4v) is 3.53. The molecule has 1 aromatic rings. The lowest BCUT2D eigenvalue weighted by Gasteiger charge is -2.27. The van der Waals surface area contributed by atoms with E-state index in [9.17, 15) is 0 Å². The van der Waals surface area contributed by atoms with Crippen LogP contribution >= 0.6 is 0 Å². The Kier molecular flexibility index (Phi) is 6.19. The van der Waals surface area contributed by atoms with Gasteiger partial charge in [0.15, 0.2) is 5.96 Å². The molecule has 1 aliphatic heterocycles. The Morgan fingerprint density at radius 1 is 1.36 bits per heavy atom. The summed E-state index contributed by atoms with van der Waals surface area (Å²) in [6, 6.07) is 9.33. The van der Waals surface area contributed by atoms with Crippen molar-refractivity contribution in [3.63, 3.8) is 0 Å². The second-order valence-corrected chi connectivity index (χ2v) is 7.22. The first kappa shape index (κ1) is 18.1. The molecular formula is C20H32N4O. The normalized spacial score (nSPS) is 24.8. The molecule has 0 bridgehead atoms. The summed E-state index contributed by atoms with van der Waals surface area (Å²) in [5, 5.41) is 6.95. The van der Waals surface area contributed by atoms with Crippen molar-refractivity contribution in [3.05, 3.63) is 29.8 Å². The van der Waals surface area contributed by atoms with Gasteiger partial charge in [-0.2, -0.15) is 0 Å². The molecular weight excluding hydrogens is 312 g/mol. The van der Waals surface area contributed by atoms with Gasteiger partial charge >= 0.3 is 0 Å². The number of rotatable bonds is 7. The summed E-state index contributed by atoms with van der Waals surface area (Å²) in [4.78, 5) is 7.47. The lowest BCUT2D eigenvalue weighted by atomic mass is 10.1. The summed E-state index contributed by atoms with van der Waals surface area (Å²) in [6.07, 6.45) is 3.81. The third-order valence-electron chi connectivity index (χ3n) is 5.26. The average Bonchev–Trinajstić information content (AvgIpc) is 3.09. The third-order valence-corrected chi connectivity index (χ3v) is 5.26. The second kappa shape index (κ2) is 8.56. The van der Waals surface area contributed by atoms with E-state index in [-0.39, 0.29) is 0 Å². The number of hydrogen-bond donors (Lipinski definition) is 2. The summed E-state index contributed by atoms with van der Waals surface area (Å²) >= 11 is 0. The van der Waals surface area contributed by atoms with Gasteiger partial charge in [-0.25, -0.2) is 0 Å². The zero-order chi connectivity index (χ0) is 17.6. The van der Waals surface area contributed by atoms with Crippen molar-refractivity contribution in [1.29, 1.82) is 0 Å². The molecule has 3 atom stereocenters. The molecule has 1 heterocycles. The fourth-order valence-electron chi connectivity index (χ4n) is 3.53. The largest absolute Gasteiger partial charge is 0.497 e. The highest BCUT2D eigenvalue weighted by Crippen LogP contribution is 2.29. The van der Waals surface area contributed by atoms with Gasteiger partial charge < -0.3 is 15.4 Å². The van der Waals surface area contributed by atoms with Crippen LogP contribution in [0.4, 0.5) is 0 Å². The maximum atomic E-state index is 5.43. The predicted molar refractivity (Wildman–Crippen MR) is 103 cm³/mol. The molecule has 0 spiro atoms. The third kappa shape index (κ3) is 4.88. The summed E-state index contributed by atoms with van der Waals surface area (Å²) in [6.45, 7) is 8.37. The summed E-state index contributed by atoms with van der Waals surface area (Å²) in [5.41, 5.74) is 1.29. The molecule has 1 saturated heterocycles. The van der Waals surface area contributed by atoms with E-state index in [1.54, 1.807) is 7.11 Å². The van der Waals surface area contributed by atoms with E-state index in [1.807, 2.05) is 6.07 Å². The van der Waals surface area contributed by atoms with Crippen LogP contribution in [0.15, 0.2) is 29.3 Å². The summed E-state index contributed by atoms with van der Waals surface area (Å²) in [5.74, 6) is 2.63. The van der Waals surface area contributed by atoms with Crippen molar-refractivity contribution >= 4 is 5.96 Å². The molecule has 3 unspecified atom stereocenters. The van der Waals surface area contributed by atoms with E-state index in [0.29, 0.717) is 12.1 Å². The molecule has 1 aromatic carbocycles. The molecule has 2 N–H and O–H groups in total. The summed E-state index contributed by atoms with van der Waals surface area (Å²) in [7, 11) is 1.73. The SMILES string of the molecule is CCNC(=NCC(c1cccc(OC)c1)N1CCCC1)NC1CC1C. The van der Waals surface area contributed by atoms with E-state index in [2.05, 4.69) is 47.6 Å². The highest BCUT2D eigenvalue weighted by molar-refractivity contribution is 5.80. The lowest BCUT2D eigenvalue weighted by molar-refractivity contribution is 0.251. The first-order chi connectivity index (χ1) is 12.2. The first-order valence-electron chi connectivity index (χ1n) is 9.64. The Morgan fingerprint density at radius 2 is 2.12 bits per heavy atom. The highest BCUT2D eigenvalue weighted by atomic mass is 16.5. The van der Waals surface area contributed by atoms with Gasteiger partial charge in [-0.3, -0.25) is 9.89 Å². The van der Waals surface area contributed by atoms with Gasteiger partial charge in [0.1, 0.15) is 5.75 Å². The number of guanidine groups is 1. The van der Waals surface area contributed by atoms with Gasteiger partial charge in [0.25, 0.3) is 0 Å². The number of hydrogen-bond acceptors (Lipinski definition) is 3. The van der Waals surface area contributed by atoms with Crippen molar-refractivity contribution in [2.75, 3.05) is 33.3 Å². The number of ether oxygens (including phenoxy) is 1. The predicted octanol–water partition coefficient (Wildman–Crippen LogP) is 2.80. The quantitative estimate of drug-likeness (QED) is 0.590. The van der Waals surface area contributed by atoms with Gasteiger partial charge in [-0.05, 0) is 62.9 Å². The van der Waals surface area contributed by atoms with E-state index < -0.39 is 0 Å². The van der Waals surface area contributed by atoms with Crippen molar-refractivity contribution in [3.8, 4) is 5.75 Å². The van der Waals surface area contributed by atoms with E-state index in [1.165, 1.54) is 24.8 Å². The lowest BCUT2D eigenvalue weighted by Crippen LogP contribution is -2.40. The van der Waals surface area contributed by atoms with E-state index in [0.717, 1.165) is 43.8 Å². The van der Waals surface area contributed by atoms with Crippen LogP contribution in [0.25, 0.3) is 0 Å². The minimum atomic E-state index is 0.310. The Balaban J connectivity index is 1.74.